The lowest BCUT2D eigenvalue weighted by molar-refractivity contribution is -0.118. The Kier molecular flexibility index (Phi) is 4.07. The maximum atomic E-state index is 13.5. The van der Waals surface area contributed by atoms with Gasteiger partial charge in [-0.3, -0.25) is 4.79 Å². The Balaban J connectivity index is 2.97. The first kappa shape index (κ1) is 12.4. The predicted octanol–water partition coefficient (Wildman–Crippen LogP) is 3.33. The van der Waals surface area contributed by atoms with Gasteiger partial charge < -0.3 is 5.32 Å². The Morgan fingerprint density at radius 3 is 2.60 bits per heavy atom. The highest BCUT2D eigenvalue weighted by molar-refractivity contribution is 14.1. The number of hydrogen-bond acceptors (Lipinski definition) is 1. The molecule has 0 aliphatic heterocycles. The number of anilines is 1. The Morgan fingerprint density at radius 2 is 2.07 bits per heavy atom. The van der Waals surface area contributed by atoms with E-state index in [9.17, 15) is 9.18 Å². The second kappa shape index (κ2) is 4.92. The van der Waals surface area contributed by atoms with E-state index >= 15 is 0 Å². The van der Waals surface area contributed by atoms with Crippen LogP contribution in [0.25, 0.3) is 0 Å². The molecule has 0 bridgehead atoms. The number of amides is 1. The molecule has 0 atom stereocenters. The zero-order valence-electron chi connectivity index (χ0n) is 8.90. The fourth-order valence-corrected chi connectivity index (χ4v) is 1.65. The predicted molar refractivity (Wildman–Crippen MR) is 67.3 cm³/mol. The van der Waals surface area contributed by atoms with Crippen molar-refractivity contribution in [1.82, 2.24) is 0 Å². The number of carbonyl (C=O) groups excluding carboxylic acids is 1. The van der Waals surface area contributed by atoms with Crippen LogP contribution in [0.15, 0.2) is 12.1 Å². The minimum absolute atomic E-state index is 0.0984. The molecular formula is C11H13FINO. The van der Waals surface area contributed by atoms with E-state index in [2.05, 4.69) is 5.32 Å². The molecular weight excluding hydrogens is 308 g/mol. The molecule has 4 heteroatoms. The van der Waals surface area contributed by atoms with Gasteiger partial charge in [-0.05, 0) is 41.6 Å². The fourth-order valence-electron chi connectivity index (χ4n) is 1.06. The van der Waals surface area contributed by atoms with Crippen LogP contribution < -0.4 is 5.32 Å². The average Bonchev–Trinajstić information content (AvgIpc) is 2.18. The normalized spacial score (nSPS) is 10.5. The highest BCUT2D eigenvalue weighted by atomic mass is 127. The van der Waals surface area contributed by atoms with Crippen molar-refractivity contribution >= 4 is 34.2 Å². The van der Waals surface area contributed by atoms with Crippen molar-refractivity contribution in [3.63, 3.8) is 0 Å². The lowest BCUT2D eigenvalue weighted by Crippen LogP contribution is -2.18. The quantitative estimate of drug-likeness (QED) is 0.832. The third-order valence-electron chi connectivity index (χ3n) is 2.12. The standard InChI is InChI=1S/C11H13FINO/c1-6(2)11(15)14-9-5-4-8(13)10(12)7(9)3/h4-6H,1-3H3,(H,14,15). The summed E-state index contributed by atoms with van der Waals surface area (Å²) < 4.78 is 14.0. The number of nitrogens with one attached hydrogen (secondary N) is 1. The maximum absolute atomic E-state index is 13.5. The number of benzene rings is 1. The number of hydrogen-bond donors (Lipinski definition) is 1. The zero-order chi connectivity index (χ0) is 11.6. The summed E-state index contributed by atoms with van der Waals surface area (Å²) in [6.45, 7) is 5.26. The molecule has 1 aromatic carbocycles. The van der Waals surface area contributed by atoms with E-state index in [0.717, 1.165) is 0 Å². The van der Waals surface area contributed by atoms with Gasteiger partial charge in [0.15, 0.2) is 0 Å². The largest absolute Gasteiger partial charge is 0.326 e. The van der Waals surface area contributed by atoms with Gasteiger partial charge in [-0.1, -0.05) is 13.8 Å². The molecule has 0 aliphatic carbocycles. The Hall–Kier alpha value is -0.650. The third-order valence-corrected chi connectivity index (χ3v) is 2.95. The maximum Gasteiger partial charge on any atom is 0.226 e. The lowest BCUT2D eigenvalue weighted by Gasteiger charge is -2.11. The molecule has 1 N–H and O–H groups in total. The van der Waals surface area contributed by atoms with E-state index in [0.29, 0.717) is 14.8 Å². The minimum atomic E-state index is -0.267. The highest BCUT2D eigenvalue weighted by Gasteiger charge is 2.12. The van der Waals surface area contributed by atoms with Gasteiger partial charge in [0.25, 0.3) is 0 Å². The number of halogens is 2. The molecule has 0 unspecified atom stereocenters. The molecule has 0 spiro atoms. The minimum Gasteiger partial charge on any atom is -0.326 e. The van der Waals surface area contributed by atoms with E-state index in [1.165, 1.54) is 0 Å². The van der Waals surface area contributed by atoms with Gasteiger partial charge in [0.1, 0.15) is 5.82 Å². The van der Waals surface area contributed by atoms with Crippen molar-refractivity contribution in [2.45, 2.75) is 20.8 Å². The molecule has 0 fully saturated rings. The van der Waals surface area contributed by atoms with Crippen LogP contribution in [0.3, 0.4) is 0 Å². The van der Waals surface area contributed by atoms with Crippen molar-refractivity contribution in [1.29, 1.82) is 0 Å². The molecule has 0 radical (unpaired) electrons. The van der Waals surface area contributed by atoms with Gasteiger partial charge in [0, 0.05) is 20.7 Å². The van der Waals surface area contributed by atoms with E-state index in [1.807, 2.05) is 22.6 Å². The summed E-state index contributed by atoms with van der Waals surface area (Å²) in [7, 11) is 0. The molecule has 15 heavy (non-hydrogen) atoms. The van der Waals surface area contributed by atoms with Gasteiger partial charge in [-0.25, -0.2) is 4.39 Å². The summed E-state index contributed by atoms with van der Waals surface area (Å²) in [6, 6.07) is 3.37. The van der Waals surface area contributed by atoms with E-state index in [-0.39, 0.29) is 17.6 Å². The second-order valence-corrected chi connectivity index (χ2v) is 4.84. The molecule has 0 saturated carbocycles. The van der Waals surface area contributed by atoms with Crippen molar-refractivity contribution in [2.75, 3.05) is 5.32 Å². The number of rotatable bonds is 2. The SMILES string of the molecule is Cc1c(NC(=O)C(C)C)ccc(I)c1F. The van der Waals surface area contributed by atoms with E-state index in [4.69, 9.17) is 0 Å². The zero-order valence-corrected chi connectivity index (χ0v) is 11.1. The first-order valence-corrected chi connectivity index (χ1v) is 5.76. The van der Waals surface area contributed by atoms with Crippen LogP contribution >= 0.6 is 22.6 Å². The van der Waals surface area contributed by atoms with Crippen LogP contribution in [0.4, 0.5) is 10.1 Å². The first-order chi connectivity index (χ1) is 6.93. The van der Waals surface area contributed by atoms with Crippen LogP contribution in [0.5, 0.6) is 0 Å². The van der Waals surface area contributed by atoms with Crippen molar-refractivity contribution in [2.24, 2.45) is 5.92 Å². The molecule has 1 amide bonds. The molecule has 82 valence electrons. The Labute approximate surface area is 102 Å². The Morgan fingerprint density at radius 1 is 1.47 bits per heavy atom. The van der Waals surface area contributed by atoms with Gasteiger partial charge in [0.2, 0.25) is 5.91 Å². The van der Waals surface area contributed by atoms with Crippen molar-refractivity contribution in [3.8, 4) is 0 Å². The monoisotopic (exact) mass is 321 g/mol. The van der Waals surface area contributed by atoms with Gasteiger partial charge in [0.05, 0.1) is 0 Å². The summed E-state index contributed by atoms with van der Waals surface area (Å²) >= 11 is 1.93. The van der Waals surface area contributed by atoms with E-state index < -0.39 is 0 Å². The summed E-state index contributed by atoms with van der Waals surface area (Å²) in [5.74, 6) is -0.470. The highest BCUT2D eigenvalue weighted by Crippen LogP contribution is 2.22. The molecule has 0 aromatic heterocycles. The molecule has 1 aromatic rings. The Bertz CT molecular complexity index is 390. The van der Waals surface area contributed by atoms with Crippen LogP contribution in [0.1, 0.15) is 19.4 Å². The summed E-state index contributed by atoms with van der Waals surface area (Å²) in [5.41, 5.74) is 1.03. The second-order valence-electron chi connectivity index (χ2n) is 3.68. The van der Waals surface area contributed by atoms with Crippen molar-refractivity contribution in [3.05, 3.63) is 27.1 Å². The van der Waals surface area contributed by atoms with Crippen molar-refractivity contribution < 1.29 is 9.18 Å². The van der Waals surface area contributed by atoms with Crippen LogP contribution in [-0.2, 0) is 4.79 Å². The smallest absolute Gasteiger partial charge is 0.226 e. The topological polar surface area (TPSA) is 29.1 Å². The summed E-state index contributed by atoms with van der Waals surface area (Å²) in [4.78, 5) is 11.4. The molecule has 1 rings (SSSR count). The first-order valence-electron chi connectivity index (χ1n) is 4.69. The molecule has 2 nitrogen and oxygen atoms in total. The summed E-state index contributed by atoms with van der Waals surface area (Å²) in [6.07, 6.45) is 0. The molecule has 0 heterocycles. The fraction of sp³-hybridized carbons (Fsp3) is 0.364. The third kappa shape index (κ3) is 2.90. The lowest BCUT2D eigenvalue weighted by atomic mass is 10.1. The van der Waals surface area contributed by atoms with Crippen LogP contribution in [0, 0.1) is 22.2 Å². The average molecular weight is 321 g/mol. The van der Waals surface area contributed by atoms with Crippen LogP contribution in [0.2, 0.25) is 0 Å². The van der Waals surface area contributed by atoms with Gasteiger partial charge in [-0.2, -0.15) is 0 Å². The van der Waals surface area contributed by atoms with Gasteiger partial charge >= 0.3 is 0 Å². The molecule has 0 saturated heterocycles. The molecule has 0 aliphatic rings. The van der Waals surface area contributed by atoms with Crippen LogP contribution in [-0.4, -0.2) is 5.91 Å². The summed E-state index contributed by atoms with van der Waals surface area (Å²) in [5, 5.41) is 2.70. The van der Waals surface area contributed by atoms with Gasteiger partial charge in [-0.15, -0.1) is 0 Å². The van der Waals surface area contributed by atoms with E-state index in [1.54, 1.807) is 32.9 Å². The number of carbonyl (C=O) groups is 1.